The molecule has 0 saturated carbocycles. The van der Waals surface area contributed by atoms with Gasteiger partial charge in [-0.1, -0.05) is 26.0 Å². The molecule has 2 aromatic carbocycles. The second kappa shape index (κ2) is 17.4. The summed E-state index contributed by atoms with van der Waals surface area (Å²) in [5, 5.41) is 13.2. The zero-order valence-corrected chi connectivity index (χ0v) is 29.5. The smallest absolute Gasteiger partial charge is 0.290 e. The highest BCUT2D eigenvalue weighted by molar-refractivity contribution is 5.98. The van der Waals surface area contributed by atoms with Crippen molar-refractivity contribution >= 4 is 23.6 Å². The molecule has 1 aliphatic heterocycles. The van der Waals surface area contributed by atoms with Gasteiger partial charge in [-0.15, -0.1) is 0 Å². The first-order chi connectivity index (χ1) is 24.6. The molecule has 13 heteroatoms. The van der Waals surface area contributed by atoms with E-state index in [4.69, 9.17) is 13.9 Å². The lowest BCUT2D eigenvalue weighted by Gasteiger charge is -2.30. The van der Waals surface area contributed by atoms with Crippen molar-refractivity contribution in [2.75, 3.05) is 33.9 Å². The van der Waals surface area contributed by atoms with Crippen LogP contribution in [0.25, 0.3) is 0 Å². The molecule has 2 bridgehead atoms. The highest BCUT2D eigenvalue weighted by Crippen LogP contribution is 2.22. The topological polar surface area (TPSA) is 157 Å². The van der Waals surface area contributed by atoms with Gasteiger partial charge < -0.3 is 34.7 Å². The second-order valence-electron chi connectivity index (χ2n) is 13.0. The third-order valence-corrected chi connectivity index (χ3v) is 8.62. The first-order valence-electron chi connectivity index (χ1n) is 17.1. The molecule has 0 spiro atoms. The van der Waals surface area contributed by atoms with Crippen LogP contribution >= 0.6 is 0 Å². The van der Waals surface area contributed by atoms with Gasteiger partial charge in [0, 0.05) is 43.5 Å². The Balaban J connectivity index is 1.46. The van der Waals surface area contributed by atoms with Crippen molar-refractivity contribution in [2.24, 2.45) is 5.92 Å². The molecular weight excluding hydrogens is 652 g/mol. The van der Waals surface area contributed by atoms with Gasteiger partial charge in [-0.05, 0) is 84.8 Å². The molecule has 3 heterocycles. The highest BCUT2D eigenvalue weighted by Gasteiger charge is 2.30. The normalized spacial score (nSPS) is 17.7. The number of ether oxygens (including phenoxy) is 2. The summed E-state index contributed by atoms with van der Waals surface area (Å²) in [7, 11) is 3.14. The van der Waals surface area contributed by atoms with E-state index < -0.39 is 29.8 Å². The van der Waals surface area contributed by atoms with Crippen LogP contribution in [-0.4, -0.2) is 84.2 Å². The maximum Gasteiger partial charge on any atom is 0.290 e. The highest BCUT2D eigenvalue weighted by atomic mass is 16.5. The van der Waals surface area contributed by atoms with Gasteiger partial charge in [-0.25, -0.2) is 0 Å². The molecule has 0 radical (unpaired) electrons. The molecule has 13 nitrogen and oxygen atoms in total. The summed E-state index contributed by atoms with van der Waals surface area (Å²) < 4.78 is 18.4. The van der Waals surface area contributed by atoms with Gasteiger partial charge in [-0.3, -0.25) is 23.9 Å². The summed E-state index contributed by atoms with van der Waals surface area (Å²) in [6, 6.07) is 16.0. The summed E-state index contributed by atoms with van der Waals surface area (Å²) in [5.41, 5.74) is 1.99. The SMILES string of the molecule is COc1ccc(C[C@@H]2NC(=O)c3ccc(OC)c(c3)CCCNC(=O)CN(C(=O)c3ccc(Cn4cccn4)o3)C[C@H](CC(C)C)NC2=O)cc1. The first kappa shape index (κ1) is 36.7. The van der Waals surface area contributed by atoms with E-state index in [1.165, 1.54) is 4.90 Å². The van der Waals surface area contributed by atoms with Crippen LogP contribution in [0.1, 0.15) is 64.5 Å². The number of aromatic nitrogens is 2. The van der Waals surface area contributed by atoms with E-state index in [0.29, 0.717) is 55.2 Å². The Morgan fingerprint density at radius 2 is 1.82 bits per heavy atom. The zero-order valence-electron chi connectivity index (χ0n) is 29.5. The van der Waals surface area contributed by atoms with Crippen LogP contribution in [0.15, 0.2) is 77.5 Å². The molecule has 2 atom stereocenters. The van der Waals surface area contributed by atoms with E-state index >= 15 is 0 Å². The second-order valence-corrected chi connectivity index (χ2v) is 13.0. The minimum atomic E-state index is -0.954. The molecule has 2 aromatic heterocycles. The predicted molar refractivity (Wildman–Crippen MR) is 190 cm³/mol. The number of furan rings is 1. The molecule has 4 amide bonds. The van der Waals surface area contributed by atoms with E-state index in [1.54, 1.807) is 79.8 Å². The molecule has 0 fully saturated rings. The summed E-state index contributed by atoms with van der Waals surface area (Å²) >= 11 is 0. The van der Waals surface area contributed by atoms with Gasteiger partial charge >= 0.3 is 0 Å². The Kier molecular flexibility index (Phi) is 12.5. The van der Waals surface area contributed by atoms with Crippen LogP contribution < -0.4 is 25.4 Å². The Bertz CT molecular complexity index is 1780. The van der Waals surface area contributed by atoms with Crippen LogP contribution in [0.3, 0.4) is 0 Å². The van der Waals surface area contributed by atoms with Crippen LogP contribution in [0.4, 0.5) is 0 Å². The van der Waals surface area contributed by atoms with Gasteiger partial charge in [0.2, 0.25) is 11.8 Å². The number of amides is 4. The standard InChI is InChI=1S/C38H46N6O7/c1-25(2)19-29-22-43(38(48)34-15-13-31(51-34)23-44-18-6-17-40-44)24-35(45)39-16-5-7-27-21-28(10-14-33(27)50-4)36(46)42-32(37(47)41-29)20-26-8-11-30(49-3)12-9-26/h6,8-15,17-18,21,25,29,32H,5,7,16,19-20,22-24H2,1-4H3,(H,39,45)(H,41,47)(H,42,46)/t29-,32-/m0/s1. The van der Waals surface area contributed by atoms with Crippen molar-refractivity contribution in [1.82, 2.24) is 30.6 Å². The lowest BCUT2D eigenvalue weighted by molar-refractivity contribution is -0.123. The van der Waals surface area contributed by atoms with Crippen molar-refractivity contribution < 1.29 is 33.1 Å². The quantitative estimate of drug-likeness (QED) is 0.239. The number of nitrogens with zero attached hydrogens (tertiary/aromatic N) is 3. The Morgan fingerprint density at radius 3 is 2.53 bits per heavy atom. The number of methoxy groups -OCH3 is 2. The summed E-state index contributed by atoms with van der Waals surface area (Å²) in [6.45, 7) is 4.49. The van der Waals surface area contributed by atoms with Gasteiger partial charge in [0.15, 0.2) is 5.76 Å². The predicted octanol–water partition coefficient (Wildman–Crippen LogP) is 3.62. The van der Waals surface area contributed by atoms with E-state index in [9.17, 15) is 19.2 Å². The number of fused-ring (bicyclic) bond motifs is 2. The molecule has 5 rings (SSSR count). The van der Waals surface area contributed by atoms with Crippen molar-refractivity contribution in [3.05, 3.63) is 101 Å². The third-order valence-electron chi connectivity index (χ3n) is 8.62. The average Bonchev–Trinajstić information content (AvgIpc) is 3.81. The lowest BCUT2D eigenvalue weighted by Crippen LogP contribution is -2.54. The Labute approximate surface area is 297 Å². The fraction of sp³-hybridized carbons (Fsp3) is 0.395. The number of hydrogen-bond acceptors (Lipinski definition) is 8. The van der Waals surface area contributed by atoms with Crippen molar-refractivity contribution in [1.29, 1.82) is 0 Å². The average molecular weight is 699 g/mol. The molecule has 0 unspecified atom stereocenters. The molecule has 270 valence electrons. The maximum absolute atomic E-state index is 14.1. The number of carbonyl (C=O) groups is 4. The molecule has 3 N–H and O–H groups in total. The van der Waals surface area contributed by atoms with Crippen molar-refractivity contribution in [3.8, 4) is 11.5 Å². The summed E-state index contributed by atoms with van der Waals surface area (Å²) in [6.07, 6.45) is 5.23. The fourth-order valence-electron chi connectivity index (χ4n) is 6.12. The molecule has 0 saturated heterocycles. The molecule has 0 aliphatic carbocycles. The number of hydrogen-bond donors (Lipinski definition) is 3. The monoisotopic (exact) mass is 698 g/mol. The lowest BCUT2D eigenvalue weighted by atomic mass is 10.0. The number of rotatable bonds is 9. The minimum Gasteiger partial charge on any atom is -0.497 e. The van der Waals surface area contributed by atoms with Gasteiger partial charge in [0.05, 0.1) is 20.8 Å². The van der Waals surface area contributed by atoms with Gasteiger partial charge in [0.1, 0.15) is 29.8 Å². The zero-order chi connectivity index (χ0) is 36.3. The number of nitrogens with one attached hydrogen (secondary N) is 3. The molecule has 51 heavy (non-hydrogen) atoms. The first-order valence-corrected chi connectivity index (χ1v) is 17.1. The number of aryl methyl sites for hydroxylation is 1. The minimum absolute atomic E-state index is 0.0343. The maximum atomic E-state index is 14.1. The summed E-state index contributed by atoms with van der Waals surface area (Å²) in [4.78, 5) is 56.5. The Hall–Kier alpha value is -5.59. The number of benzene rings is 2. The molecular formula is C38H46N6O7. The van der Waals surface area contributed by atoms with E-state index in [-0.39, 0.29) is 37.1 Å². The van der Waals surface area contributed by atoms with Crippen LogP contribution in [0.5, 0.6) is 11.5 Å². The van der Waals surface area contributed by atoms with Crippen LogP contribution in [0.2, 0.25) is 0 Å². The molecule has 4 aromatic rings. The molecule has 1 aliphatic rings. The van der Waals surface area contributed by atoms with Crippen LogP contribution in [-0.2, 0) is 29.0 Å². The third kappa shape index (κ3) is 10.2. The van der Waals surface area contributed by atoms with Crippen LogP contribution in [0, 0.1) is 5.92 Å². The largest absolute Gasteiger partial charge is 0.497 e. The fourth-order valence-corrected chi connectivity index (χ4v) is 6.12. The Morgan fingerprint density at radius 1 is 1.02 bits per heavy atom. The van der Waals surface area contributed by atoms with E-state index in [1.807, 2.05) is 26.0 Å². The van der Waals surface area contributed by atoms with Crippen molar-refractivity contribution in [3.63, 3.8) is 0 Å². The van der Waals surface area contributed by atoms with Gasteiger partial charge in [-0.2, -0.15) is 5.10 Å². The van der Waals surface area contributed by atoms with Crippen molar-refractivity contribution in [2.45, 2.75) is 58.2 Å². The number of carbonyl (C=O) groups excluding carboxylic acids is 4. The summed E-state index contributed by atoms with van der Waals surface area (Å²) in [5.74, 6) is 0.353. The van der Waals surface area contributed by atoms with E-state index in [0.717, 1.165) is 11.1 Å². The van der Waals surface area contributed by atoms with Gasteiger partial charge in [0.25, 0.3) is 11.8 Å². The van der Waals surface area contributed by atoms with E-state index in [2.05, 4.69) is 21.0 Å².